The average molecular weight is 423 g/mol. The van der Waals surface area contributed by atoms with Crippen molar-refractivity contribution in [3.8, 4) is 11.4 Å². The smallest absolute Gasteiger partial charge is 0.254 e. The van der Waals surface area contributed by atoms with Crippen LogP contribution in [0.4, 0.5) is 0 Å². The van der Waals surface area contributed by atoms with Crippen LogP contribution in [-0.4, -0.2) is 43.5 Å². The minimum absolute atomic E-state index is 0.00507. The fraction of sp³-hybridized carbons (Fsp3) is 0.391. The first-order valence-electron chi connectivity index (χ1n) is 10.2. The van der Waals surface area contributed by atoms with Gasteiger partial charge in [0.15, 0.2) is 5.82 Å². The summed E-state index contributed by atoms with van der Waals surface area (Å²) >= 11 is 1.56. The predicted molar refractivity (Wildman–Crippen MR) is 117 cm³/mol. The van der Waals surface area contributed by atoms with Gasteiger partial charge >= 0.3 is 0 Å². The molecule has 4 rings (SSSR count). The van der Waals surface area contributed by atoms with Crippen molar-refractivity contribution >= 4 is 17.2 Å². The van der Waals surface area contributed by atoms with Crippen LogP contribution in [0.1, 0.15) is 60.6 Å². The van der Waals surface area contributed by atoms with Gasteiger partial charge in [0.2, 0.25) is 0 Å². The first-order valence-corrected chi connectivity index (χ1v) is 11.1. The number of thiazole rings is 1. The van der Waals surface area contributed by atoms with Crippen molar-refractivity contribution in [2.75, 3.05) is 6.54 Å². The molecule has 1 N–H and O–H groups in total. The molecule has 0 saturated carbocycles. The molecule has 1 aliphatic rings. The van der Waals surface area contributed by atoms with Crippen LogP contribution in [-0.2, 0) is 5.60 Å². The Labute approximate surface area is 180 Å². The lowest BCUT2D eigenvalue weighted by atomic mass is 9.92. The monoisotopic (exact) mass is 422 g/mol. The van der Waals surface area contributed by atoms with Gasteiger partial charge in [0.05, 0.1) is 16.3 Å². The molecule has 30 heavy (non-hydrogen) atoms. The number of aromatic nitrogens is 3. The van der Waals surface area contributed by atoms with Gasteiger partial charge in [-0.3, -0.25) is 4.79 Å². The number of carbonyl (C=O) groups is 1. The van der Waals surface area contributed by atoms with Crippen LogP contribution in [0.3, 0.4) is 0 Å². The molecular weight excluding hydrogens is 396 g/mol. The van der Waals surface area contributed by atoms with Crippen molar-refractivity contribution in [2.45, 2.75) is 51.2 Å². The first-order chi connectivity index (χ1) is 14.3. The Bertz CT molecular complexity index is 1030. The van der Waals surface area contributed by atoms with Crippen molar-refractivity contribution in [2.24, 2.45) is 0 Å². The van der Waals surface area contributed by atoms with Gasteiger partial charge in [-0.2, -0.15) is 0 Å². The molecule has 2 atom stereocenters. The second-order valence-electron chi connectivity index (χ2n) is 8.33. The van der Waals surface area contributed by atoms with Gasteiger partial charge in [-0.05, 0) is 45.7 Å². The highest BCUT2D eigenvalue weighted by molar-refractivity contribution is 7.09. The van der Waals surface area contributed by atoms with Crippen molar-refractivity contribution < 1.29 is 9.90 Å². The van der Waals surface area contributed by atoms with Crippen LogP contribution in [0.5, 0.6) is 0 Å². The van der Waals surface area contributed by atoms with Crippen molar-refractivity contribution in [1.82, 2.24) is 19.9 Å². The van der Waals surface area contributed by atoms with Crippen LogP contribution in [0, 0.1) is 0 Å². The summed E-state index contributed by atoms with van der Waals surface area (Å²) in [7, 11) is 0. The molecular formula is C23H26N4O2S. The quantitative estimate of drug-likeness (QED) is 0.680. The van der Waals surface area contributed by atoms with E-state index < -0.39 is 5.60 Å². The third kappa shape index (κ3) is 4.13. The zero-order chi connectivity index (χ0) is 21.3. The molecule has 2 unspecified atom stereocenters. The van der Waals surface area contributed by atoms with E-state index >= 15 is 0 Å². The van der Waals surface area contributed by atoms with Gasteiger partial charge in [-0.15, -0.1) is 11.3 Å². The molecule has 0 radical (unpaired) electrons. The number of carbonyl (C=O) groups excluding carboxylic acids is 1. The lowest BCUT2D eigenvalue weighted by Gasteiger charge is -2.37. The summed E-state index contributed by atoms with van der Waals surface area (Å²) in [6, 6.07) is 9.43. The van der Waals surface area contributed by atoms with E-state index in [4.69, 9.17) is 0 Å². The van der Waals surface area contributed by atoms with Crippen LogP contribution >= 0.6 is 11.3 Å². The Morgan fingerprint density at radius 2 is 1.90 bits per heavy atom. The second-order valence-corrected chi connectivity index (χ2v) is 9.22. The lowest BCUT2D eigenvalue weighted by Crippen LogP contribution is -2.45. The first kappa shape index (κ1) is 20.6. The maximum absolute atomic E-state index is 13.6. The van der Waals surface area contributed by atoms with Gasteiger partial charge in [0.25, 0.3) is 5.91 Å². The Kier molecular flexibility index (Phi) is 5.66. The Morgan fingerprint density at radius 3 is 2.60 bits per heavy atom. The van der Waals surface area contributed by atoms with Crippen molar-refractivity contribution in [3.63, 3.8) is 0 Å². The van der Waals surface area contributed by atoms with Gasteiger partial charge in [0.1, 0.15) is 5.60 Å². The molecule has 1 aromatic carbocycles. The summed E-state index contributed by atoms with van der Waals surface area (Å²) < 4.78 is 0. The highest BCUT2D eigenvalue weighted by Crippen LogP contribution is 2.35. The highest BCUT2D eigenvalue weighted by Gasteiger charge is 2.33. The summed E-state index contributed by atoms with van der Waals surface area (Å²) in [6.07, 6.45) is 5.27. The van der Waals surface area contributed by atoms with Crippen LogP contribution in [0.15, 0.2) is 48.1 Å². The molecule has 1 saturated heterocycles. The third-order valence-electron chi connectivity index (χ3n) is 5.61. The van der Waals surface area contributed by atoms with Crippen LogP contribution < -0.4 is 0 Å². The number of piperidine rings is 1. The fourth-order valence-electron chi connectivity index (χ4n) is 3.81. The molecule has 7 heteroatoms. The molecule has 1 aliphatic heterocycles. The highest BCUT2D eigenvalue weighted by atomic mass is 32.1. The molecule has 6 nitrogen and oxygen atoms in total. The van der Waals surface area contributed by atoms with E-state index in [2.05, 4.69) is 21.9 Å². The van der Waals surface area contributed by atoms with Crippen LogP contribution in [0.2, 0.25) is 0 Å². The largest absolute Gasteiger partial charge is 0.384 e. The minimum Gasteiger partial charge on any atom is -0.384 e. The van der Waals surface area contributed by atoms with Gasteiger partial charge in [0, 0.05) is 41.8 Å². The van der Waals surface area contributed by atoms with Crippen molar-refractivity contribution in [3.05, 3.63) is 64.4 Å². The molecule has 1 amide bonds. The maximum atomic E-state index is 13.6. The lowest BCUT2D eigenvalue weighted by molar-refractivity contribution is 0.0605. The normalized spacial score (nSPS) is 19.7. The Morgan fingerprint density at radius 1 is 1.17 bits per heavy atom. The summed E-state index contributed by atoms with van der Waals surface area (Å²) in [5, 5.41) is 13.1. The number of likely N-dealkylation sites (tertiary alicyclic amines) is 1. The molecule has 0 spiro atoms. The molecule has 2 aromatic heterocycles. The molecule has 1 fully saturated rings. The van der Waals surface area contributed by atoms with Gasteiger partial charge < -0.3 is 10.0 Å². The zero-order valence-electron chi connectivity index (χ0n) is 17.4. The third-order valence-corrected chi connectivity index (χ3v) is 6.61. The Hall–Kier alpha value is -2.64. The number of nitrogens with zero attached hydrogens (tertiary/aromatic N) is 4. The number of hydrogen-bond acceptors (Lipinski definition) is 6. The minimum atomic E-state index is -0.958. The predicted octanol–water partition coefficient (Wildman–Crippen LogP) is 4.24. The SMILES string of the molecule is CC1CCC(c2nc(C(C)(C)O)cs2)CN1C(=O)c1ccccc1-c1ncccn1. The molecule has 3 aromatic rings. The molecule has 0 aliphatic carbocycles. The summed E-state index contributed by atoms with van der Waals surface area (Å²) in [5.74, 6) is 0.721. The van der Waals surface area contributed by atoms with E-state index in [1.54, 1.807) is 43.6 Å². The van der Waals surface area contributed by atoms with E-state index in [9.17, 15) is 9.90 Å². The summed E-state index contributed by atoms with van der Waals surface area (Å²) in [6.45, 7) is 6.20. The number of hydrogen-bond donors (Lipinski definition) is 1. The van der Waals surface area contributed by atoms with E-state index in [1.807, 2.05) is 34.5 Å². The number of benzene rings is 1. The molecule has 3 heterocycles. The standard InChI is InChI=1S/C23H26N4O2S/c1-15-9-10-16(21-26-19(14-30-21)23(2,3)29)13-27(15)22(28)18-8-5-4-7-17(18)20-24-11-6-12-25-20/h4-8,11-12,14-16,29H,9-10,13H2,1-3H3. The van der Waals surface area contributed by atoms with E-state index in [-0.39, 0.29) is 17.9 Å². The topological polar surface area (TPSA) is 79.2 Å². The maximum Gasteiger partial charge on any atom is 0.254 e. The number of aliphatic hydroxyl groups is 1. The summed E-state index contributed by atoms with van der Waals surface area (Å²) in [5.41, 5.74) is 1.09. The number of amides is 1. The van der Waals surface area contributed by atoms with Gasteiger partial charge in [-0.25, -0.2) is 15.0 Å². The second kappa shape index (κ2) is 8.24. The number of rotatable bonds is 4. The molecule has 0 bridgehead atoms. The van der Waals surface area contributed by atoms with Gasteiger partial charge in [-0.1, -0.05) is 18.2 Å². The molecule has 156 valence electrons. The fourth-order valence-corrected chi connectivity index (χ4v) is 4.91. The zero-order valence-corrected chi connectivity index (χ0v) is 18.3. The van der Waals surface area contributed by atoms with Crippen LogP contribution in [0.25, 0.3) is 11.4 Å². The van der Waals surface area contributed by atoms with E-state index in [0.29, 0.717) is 23.6 Å². The van der Waals surface area contributed by atoms with Crippen molar-refractivity contribution in [1.29, 1.82) is 0 Å². The Balaban J connectivity index is 1.61. The average Bonchev–Trinajstić information content (AvgIpc) is 3.25. The summed E-state index contributed by atoms with van der Waals surface area (Å²) in [4.78, 5) is 28.8. The van der Waals surface area contributed by atoms with E-state index in [1.165, 1.54) is 0 Å². The van der Waals surface area contributed by atoms with E-state index in [0.717, 1.165) is 23.4 Å².